The molecular formula is C16H14BrClN4O4. The van der Waals surface area contributed by atoms with E-state index in [-0.39, 0.29) is 34.3 Å². The van der Waals surface area contributed by atoms with E-state index >= 15 is 0 Å². The maximum absolute atomic E-state index is 12.8. The van der Waals surface area contributed by atoms with Gasteiger partial charge in [0, 0.05) is 31.1 Å². The highest BCUT2D eigenvalue weighted by molar-refractivity contribution is 9.10. The third-order valence-electron chi connectivity index (χ3n) is 3.93. The molecular weight excluding hydrogens is 428 g/mol. The maximum Gasteiger partial charge on any atom is 0.316 e. The van der Waals surface area contributed by atoms with Crippen molar-refractivity contribution in [2.45, 2.75) is 18.9 Å². The summed E-state index contributed by atoms with van der Waals surface area (Å²) in [5.74, 6) is -0.358. The molecule has 1 atom stereocenters. The van der Waals surface area contributed by atoms with Crippen LogP contribution in [0.5, 0.6) is 6.01 Å². The van der Waals surface area contributed by atoms with E-state index in [4.69, 9.17) is 16.3 Å². The molecule has 1 amide bonds. The molecule has 0 N–H and O–H groups in total. The molecule has 2 aromatic rings. The maximum atomic E-state index is 12.8. The van der Waals surface area contributed by atoms with Crippen LogP contribution in [0.25, 0.3) is 0 Å². The van der Waals surface area contributed by atoms with Gasteiger partial charge in [-0.05, 0) is 34.8 Å². The molecule has 0 spiro atoms. The molecule has 26 heavy (non-hydrogen) atoms. The van der Waals surface area contributed by atoms with Gasteiger partial charge in [-0.1, -0.05) is 11.6 Å². The van der Waals surface area contributed by atoms with Crippen LogP contribution in [0.2, 0.25) is 5.02 Å². The average Bonchev–Trinajstić information content (AvgIpc) is 2.63. The van der Waals surface area contributed by atoms with E-state index in [1.807, 2.05) is 0 Å². The summed E-state index contributed by atoms with van der Waals surface area (Å²) in [5.41, 5.74) is -0.0627. The van der Waals surface area contributed by atoms with Gasteiger partial charge < -0.3 is 9.64 Å². The van der Waals surface area contributed by atoms with Crippen molar-refractivity contribution in [2.75, 3.05) is 13.1 Å². The van der Waals surface area contributed by atoms with E-state index in [2.05, 4.69) is 25.9 Å². The molecule has 1 unspecified atom stereocenters. The fourth-order valence-corrected chi connectivity index (χ4v) is 3.09. The van der Waals surface area contributed by atoms with E-state index in [9.17, 15) is 14.9 Å². The number of carbonyl (C=O) groups excluding carboxylic acids is 1. The molecule has 10 heteroatoms. The number of hydrogen-bond donors (Lipinski definition) is 0. The molecule has 1 aromatic carbocycles. The molecule has 2 heterocycles. The summed E-state index contributed by atoms with van der Waals surface area (Å²) >= 11 is 9.32. The highest BCUT2D eigenvalue weighted by Gasteiger charge is 2.28. The summed E-state index contributed by atoms with van der Waals surface area (Å²) < 4.78 is 6.48. The summed E-state index contributed by atoms with van der Waals surface area (Å²) in [6.07, 6.45) is 4.39. The number of carbonyl (C=O) groups is 1. The second-order valence-corrected chi connectivity index (χ2v) is 7.06. The van der Waals surface area contributed by atoms with Crippen LogP contribution >= 0.6 is 27.5 Å². The predicted octanol–water partition coefficient (Wildman–Crippen LogP) is 3.48. The van der Waals surface area contributed by atoms with E-state index in [0.717, 1.165) is 17.3 Å². The van der Waals surface area contributed by atoms with E-state index in [0.29, 0.717) is 13.1 Å². The van der Waals surface area contributed by atoms with E-state index in [1.165, 1.54) is 18.2 Å². The van der Waals surface area contributed by atoms with Gasteiger partial charge in [-0.2, -0.15) is 0 Å². The molecule has 0 saturated carbocycles. The lowest BCUT2D eigenvalue weighted by atomic mass is 10.1. The lowest BCUT2D eigenvalue weighted by molar-refractivity contribution is -0.384. The quantitative estimate of drug-likeness (QED) is 0.532. The Morgan fingerprint density at radius 2 is 2.12 bits per heavy atom. The molecule has 8 nitrogen and oxygen atoms in total. The van der Waals surface area contributed by atoms with Gasteiger partial charge in [0.15, 0.2) is 0 Å². The Kier molecular flexibility index (Phi) is 5.67. The number of hydrogen-bond acceptors (Lipinski definition) is 6. The fourth-order valence-electron chi connectivity index (χ4n) is 2.69. The summed E-state index contributed by atoms with van der Waals surface area (Å²) in [7, 11) is 0. The van der Waals surface area contributed by atoms with Gasteiger partial charge in [-0.25, -0.2) is 9.97 Å². The number of piperidine rings is 1. The number of nitrogens with zero attached hydrogens (tertiary/aromatic N) is 4. The van der Waals surface area contributed by atoms with Crippen molar-refractivity contribution in [3.63, 3.8) is 0 Å². The van der Waals surface area contributed by atoms with Crippen LogP contribution < -0.4 is 4.74 Å². The zero-order valence-corrected chi connectivity index (χ0v) is 15.8. The summed E-state index contributed by atoms with van der Waals surface area (Å²) in [4.78, 5) is 32.9. The Morgan fingerprint density at radius 3 is 2.81 bits per heavy atom. The van der Waals surface area contributed by atoms with Crippen molar-refractivity contribution in [3.05, 3.63) is 55.8 Å². The third-order valence-corrected chi connectivity index (χ3v) is 4.66. The van der Waals surface area contributed by atoms with Crippen molar-refractivity contribution in [1.29, 1.82) is 0 Å². The number of likely N-dealkylation sites (tertiary alicyclic amines) is 1. The van der Waals surface area contributed by atoms with Gasteiger partial charge >= 0.3 is 6.01 Å². The van der Waals surface area contributed by atoms with Crippen molar-refractivity contribution >= 4 is 39.1 Å². The Morgan fingerprint density at radius 1 is 1.38 bits per heavy atom. The number of halogens is 2. The molecule has 0 aliphatic carbocycles. The number of rotatable bonds is 4. The number of non-ortho nitro benzene ring substituents is 1. The first kappa shape index (κ1) is 18.5. The number of benzene rings is 1. The Bertz CT molecular complexity index is 833. The highest BCUT2D eigenvalue weighted by atomic mass is 79.9. The molecule has 1 aromatic heterocycles. The fraction of sp³-hybridized carbons (Fsp3) is 0.312. The molecule has 0 bridgehead atoms. The monoisotopic (exact) mass is 440 g/mol. The predicted molar refractivity (Wildman–Crippen MR) is 97.4 cm³/mol. The second-order valence-electron chi connectivity index (χ2n) is 5.74. The zero-order valence-electron chi connectivity index (χ0n) is 13.5. The minimum Gasteiger partial charge on any atom is -0.458 e. The number of nitro benzene ring substituents is 1. The number of aromatic nitrogens is 2. The lowest BCUT2D eigenvalue weighted by Gasteiger charge is -2.32. The first-order chi connectivity index (χ1) is 12.4. The molecule has 3 rings (SSSR count). The highest BCUT2D eigenvalue weighted by Crippen LogP contribution is 2.25. The third kappa shape index (κ3) is 4.28. The largest absolute Gasteiger partial charge is 0.458 e. The molecule has 1 aliphatic heterocycles. The van der Waals surface area contributed by atoms with Gasteiger partial charge in [-0.15, -0.1) is 0 Å². The van der Waals surface area contributed by atoms with E-state index in [1.54, 1.807) is 17.3 Å². The van der Waals surface area contributed by atoms with Gasteiger partial charge in [0.2, 0.25) is 0 Å². The molecule has 1 fully saturated rings. The van der Waals surface area contributed by atoms with Gasteiger partial charge in [0.25, 0.3) is 11.6 Å². The van der Waals surface area contributed by atoms with Crippen molar-refractivity contribution in [1.82, 2.24) is 14.9 Å². The van der Waals surface area contributed by atoms with Crippen molar-refractivity contribution < 1.29 is 14.5 Å². The first-order valence-electron chi connectivity index (χ1n) is 7.81. The number of ether oxygens (including phenoxy) is 1. The van der Waals surface area contributed by atoms with Crippen LogP contribution in [-0.4, -0.2) is 44.9 Å². The minimum absolute atomic E-state index is 0.112. The van der Waals surface area contributed by atoms with Crippen LogP contribution in [0.4, 0.5) is 5.69 Å². The van der Waals surface area contributed by atoms with Gasteiger partial charge in [0.1, 0.15) is 6.10 Å². The van der Waals surface area contributed by atoms with Crippen LogP contribution in [0.15, 0.2) is 35.1 Å². The van der Waals surface area contributed by atoms with E-state index < -0.39 is 4.92 Å². The molecule has 1 saturated heterocycles. The van der Waals surface area contributed by atoms with Crippen molar-refractivity contribution in [2.24, 2.45) is 0 Å². The second kappa shape index (κ2) is 7.96. The zero-order chi connectivity index (χ0) is 18.7. The first-order valence-corrected chi connectivity index (χ1v) is 8.98. The topological polar surface area (TPSA) is 98.5 Å². The van der Waals surface area contributed by atoms with Gasteiger partial charge in [-0.3, -0.25) is 14.9 Å². The minimum atomic E-state index is -0.555. The lowest BCUT2D eigenvalue weighted by Crippen LogP contribution is -2.44. The summed E-state index contributed by atoms with van der Waals surface area (Å²) in [6, 6.07) is 4.07. The average molecular weight is 442 g/mol. The molecule has 136 valence electrons. The number of amides is 1. The van der Waals surface area contributed by atoms with Crippen LogP contribution in [0.1, 0.15) is 23.2 Å². The normalized spacial score (nSPS) is 17.0. The Hall–Kier alpha value is -2.26. The Balaban J connectivity index is 1.73. The van der Waals surface area contributed by atoms with Crippen LogP contribution in [-0.2, 0) is 0 Å². The molecule has 0 radical (unpaired) electrons. The summed E-state index contributed by atoms with van der Waals surface area (Å²) in [6.45, 7) is 0.857. The van der Waals surface area contributed by atoms with Crippen LogP contribution in [0.3, 0.4) is 0 Å². The number of nitro groups is 1. The smallest absolute Gasteiger partial charge is 0.316 e. The summed E-state index contributed by atoms with van der Waals surface area (Å²) in [5, 5.41) is 11.1. The van der Waals surface area contributed by atoms with Crippen molar-refractivity contribution in [3.8, 4) is 6.01 Å². The Labute approximate surface area is 162 Å². The SMILES string of the molecule is O=C(c1cc([N+](=O)[O-])ccc1Cl)N1CCCC(Oc2ncc(Br)cn2)C1. The molecule has 1 aliphatic rings. The standard InChI is InChI=1S/C16H14BrClN4O4/c17-10-7-19-16(20-8-10)26-12-2-1-5-21(9-12)15(23)13-6-11(22(24)25)3-4-14(13)18/h3-4,6-8,12H,1-2,5,9H2. The van der Waals surface area contributed by atoms with Crippen LogP contribution in [0, 0.1) is 10.1 Å². The van der Waals surface area contributed by atoms with Gasteiger partial charge in [0.05, 0.1) is 26.5 Å².